The topological polar surface area (TPSA) is 35.6 Å². The first kappa shape index (κ1) is 12.3. The number of carbonyl (C=O) groups is 1. The minimum absolute atomic E-state index is 0.0908. The van der Waals surface area contributed by atoms with Gasteiger partial charge in [-0.15, -0.1) is 11.3 Å². The van der Waals surface area contributed by atoms with Gasteiger partial charge in [0.1, 0.15) is 6.04 Å². The molecule has 0 bridgehead atoms. The van der Waals surface area contributed by atoms with E-state index in [0.29, 0.717) is 0 Å². The summed E-state index contributed by atoms with van der Waals surface area (Å²) in [6.07, 6.45) is 0.768. The predicted molar refractivity (Wildman–Crippen MR) is 74.5 cm³/mol. The molecule has 1 aromatic rings. The highest BCUT2D eigenvalue weighted by Crippen LogP contribution is 2.37. The molecule has 1 atom stereocenters. The number of hydrogen-bond donors (Lipinski definition) is 1. The highest BCUT2D eigenvalue weighted by Gasteiger charge is 2.32. The molecule has 6 heteroatoms. The van der Waals surface area contributed by atoms with Gasteiger partial charge < -0.3 is 15.1 Å². The lowest BCUT2D eigenvalue weighted by Crippen LogP contribution is -2.51. The van der Waals surface area contributed by atoms with E-state index in [9.17, 15) is 4.79 Å². The van der Waals surface area contributed by atoms with Crippen LogP contribution >= 0.6 is 22.9 Å². The fourth-order valence-electron chi connectivity index (χ4n) is 2.49. The summed E-state index contributed by atoms with van der Waals surface area (Å²) >= 11 is 7.47. The number of piperazine rings is 1. The molecule has 18 heavy (non-hydrogen) atoms. The van der Waals surface area contributed by atoms with E-state index in [1.54, 1.807) is 0 Å². The van der Waals surface area contributed by atoms with Gasteiger partial charge in [-0.25, -0.2) is 0 Å². The highest BCUT2D eigenvalue weighted by molar-refractivity contribution is 7.20. The molecular formula is C12H16ClN3OS. The fourth-order valence-corrected chi connectivity index (χ4v) is 3.73. The molecule has 3 heterocycles. The number of fused-ring (bicyclic) bond motifs is 1. The van der Waals surface area contributed by atoms with Crippen LogP contribution < -0.4 is 5.32 Å². The zero-order chi connectivity index (χ0) is 12.7. The number of rotatable bonds is 1. The average Bonchev–Trinajstić information content (AvgIpc) is 2.86. The second-order valence-electron chi connectivity index (χ2n) is 4.93. The van der Waals surface area contributed by atoms with Crippen LogP contribution in [0.3, 0.4) is 0 Å². The molecule has 0 radical (unpaired) electrons. The molecule has 1 unspecified atom stereocenters. The minimum Gasteiger partial charge on any atom is -0.365 e. The Kier molecular flexibility index (Phi) is 3.21. The van der Waals surface area contributed by atoms with Crippen LogP contribution in [0.25, 0.3) is 0 Å². The lowest BCUT2D eigenvalue weighted by Gasteiger charge is -2.34. The van der Waals surface area contributed by atoms with Crippen LogP contribution in [0.15, 0.2) is 6.07 Å². The number of halogens is 1. The Hall–Kier alpha value is -0.780. The molecule has 0 saturated carbocycles. The Morgan fingerprint density at radius 2 is 2.17 bits per heavy atom. The van der Waals surface area contributed by atoms with Crippen LogP contribution in [0.4, 0.5) is 5.00 Å². The summed E-state index contributed by atoms with van der Waals surface area (Å²) < 4.78 is 0.790. The first-order chi connectivity index (χ1) is 8.63. The van der Waals surface area contributed by atoms with Crippen LogP contribution in [0, 0.1) is 0 Å². The van der Waals surface area contributed by atoms with Gasteiger partial charge in [-0.05, 0) is 18.7 Å². The molecule has 0 aromatic carbocycles. The van der Waals surface area contributed by atoms with Crippen molar-refractivity contribution in [2.24, 2.45) is 0 Å². The first-order valence-electron chi connectivity index (χ1n) is 6.15. The van der Waals surface area contributed by atoms with E-state index in [-0.39, 0.29) is 11.9 Å². The highest BCUT2D eigenvalue weighted by atomic mass is 35.5. The van der Waals surface area contributed by atoms with Crippen molar-refractivity contribution in [1.82, 2.24) is 9.80 Å². The third-order valence-corrected chi connectivity index (χ3v) is 4.86. The van der Waals surface area contributed by atoms with Gasteiger partial charge in [0.25, 0.3) is 0 Å². The largest absolute Gasteiger partial charge is 0.365 e. The van der Waals surface area contributed by atoms with Crippen molar-refractivity contribution in [3.8, 4) is 0 Å². The average molecular weight is 286 g/mol. The number of nitrogens with one attached hydrogen (secondary N) is 1. The van der Waals surface area contributed by atoms with Gasteiger partial charge in [0, 0.05) is 32.6 Å². The predicted octanol–water partition coefficient (Wildman–Crippen LogP) is 1.51. The molecule has 1 aromatic heterocycles. The van der Waals surface area contributed by atoms with Crippen molar-refractivity contribution >= 4 is 33.8 Å². The molecule has 0 aliphatic carbocycles. The Labute approximate surface area is 116 Å². The SMILES string of the molecule is CN1CCN(C(=O)C2Cc3cc(Cl)sc3N2)CC1. The summed E-state index contributed by atoms with van der Waals surface area (Å²) in [4.78, 5) is 16.6. The monoisotopic (exact) mass is 285 g/mol. The maximum Gasteiger partial charge on any atom is 0.245 e. The van der Waals surface area contributed by atoms with Gasteiger partial charge in [0.05, 0.1) is 9.34 Å². The van der Waals surface area contributed by atoms with E-state index in [2.05, 4.69) is 17.3 Å². The quantitative estimate of drug-likeness (QED) is 0.850. The summed E-state index contributed by atoms with van der Waals surface area (Å²) in [5.41, 5.74) is 1.18. The van der Waals surface area contributed by atoms with E-state index in [1.807, 2.05) is 11.0 Å². The van der Waals surface area contributed by atoms with Crippen LogP contribution in [0.1, 0.15) is 5.56 Å². The molecule has 1 saturated heterocycles. The Balaban J connectivity index is 1.63. The van der Waals surface area contributed by atoms with Crippen molar-refractivity contribution in [2.75, 3.05) is 38.5 Å². The summed E-state index contributed by atoms with van der Waals surface area (Å²) in [6, 6.07) is 1.87. The molecule has 1 N–H and O–H groups in total. The third-order valence-electron chi connectivity index (χ3n) is 3.62. The van der Waals surface area contributed by atoms with E-state index in [1.165, 1.54) is 16.9 Å². The van der Waals surface area contributed by atoms with Crippen LogP contribution in [0.2, 0.25) is 4.34 Å². The third kappa shape index (κ3) is 2.22. The molecule has 2 aliphatic heterocycles. The number of carbonyl (C=O) groups excluding carboxylic acids is 1. The zero-order valence-corrected chi connectivity index (χ0v) is 11.9. The summed E-state index contributed by atoms with van der Waals surface area (Å²) in [5, 5.41) is 4.36. The minimum atomic E-state index is -0.0908. The molecule has 1 amide bonds. The van der Waals surface area contributed by atoms with Crippen molar-refractivity contribution in [3.63, 3.8) is 0 Å². The van der Waals surface area contributed by atoms with Crippen molar-refractivity contribution in [1.29, 1.82) is 0 Å². The first-order valence-corrected chi connectivity index (χ1v) is 7.35. The number of amides is 1. The summed E-state index contributed by atoms with van der Waals surface area (Å²) in [7, 11) is 2.09. The van der Waals surface area contributed by atoms with E-state index in [0.717, 1.165) is 41.9 Å². The van der Waals surface area contributed by atoms with Gasteiger partial charge in [-0.3, -0.25) is 4.79 Å². The Morgan fingerprint density at radius 1 is 1.44 bits per heavy atom. The van der Waals surface area contributed by atoms with E-state index < -0.39 is 0 Å². The molecular weight excluding hydrogens is 270 g/mol. The molecule has 98 valence electrons. The Bertz CT molecular complexity index is 444. The van der Waals surface area contributed by atoms with Gasteiger partial charge in [-0.2, -0.15) is 0 Å². The molecule has 0 spiro atoms. The number of likely N-dealkylation sites (N-methyl/N-ethyl adjacent to an activating group) is 1. The number of anilines is 1. The fraction of sp³-hybridized carbons (Fsp3) is 0.583. The lowest BCUT2D eigenvalue weighted by atomic mass is 10.1. The van der Waals surface area contributed by atoms with Gasteiger partial charge in [0.15, 0.2) is 0 Å². The summed E-state index contributed by atoms with van der Waals surface area (Å²) in [6.45, 7) is 3.60. The van der Waals surface area contributed by atoms with E-state index in [4.69, 9.17) is 11.6 Å². The maximum atomic E-state index is 12.4. The molecule has 3 rings (SSSR count). The smallest absolute Gasteiger partial charge is 0.245 e. The maximum absolute atomic E-state index is 12.4. The lowest BCUT2D eigenvalue weighted by molar-refractivity contribution is -0.133. The number of thiophene rings is 1. The Morgan fingerprint density at radius 3 is 2.83 bits per heavy atom. The van der Waals surface area contributed by atoms with E-state index >= 15 is 0 Å². The molecule has 4 nitrogen and oxygen atoms in total. The van der Waals surface area contributed by atoms with Crippen molar-refractivity contribution < 1.29 is 4.79 Å². The zero-order valence-electron chi connectivity index (χ0n) is 10.3. The van der Waals surface area contributed by atoms with Crippen molar-refractivity contribution in [2.45, 2.75) is 12.5 Å². The van der Waals surface area contributed by atoms with Crippen LogP contribution in [-0.2, 0) is 11.2 Å². The second-order valence-corrected chi connectivity index (χ2v) is 6.62. The van der Waals surface area contributed by atoms with Crippen LogP contribution in [0.5, 0.6) is 0 Å². The summed E-state index contributed by atoms with van der Waals surface area (Å²) in [5.74, 6) is 0.225. The number of nitrogens with zero attached hydrogens (tertiary/aromatic N) is 2. The molecule has 1 fully saturated rings. The second kappa shape index (κ2) is 4.72. The molecule has 2 aliphatic rings. The number of hydrogen-bond acceptors (Lipinski definition) is 4. The van der Waals surface area contributed by atoms with Gasteiger partial charge in [-0.1, -0.05) is 11.6 Å². The normalized spacial score (nSPS) is 23.9. The van der Waals surface area contributed by atoms with Gasteiger partial charge >= 0.3 is 0 Å². The van der Waals surface area contributed by atoms with Gasteiger partial charge in [0.2, 0.25) is 5.91 Å². The van der Waals surface area contributed by atoms with Crippen LogP contribution in [-0.4, -0.2) is 55.0 Å². The van der Waals surface area contributed by atoms with Crippen molar-refractivity contribution in [3.05, 3.63) is 16.0 Å². The standard InChI is InChI=1S/C12H16ClN3OS/c1-15-2-4-16(5-3-15)12(17)9-6-8-7-10(13)18-11(8)14-9/h7,9,14H,2-6H2,1H3.